The molecule has 0 aliphatic carbocycles. The van der Waals surface area contributed by atoms with Gasteiger partial charge in [0.15, 0.2) is 0 Å². The summed E-state index contributed by atoms with van der Waals surface area (Å²) in [5, 5.41) is 16.8. The minimum Gasteiger partial charge on any atom is -0.480 e. The van der Waals surface area contributed by atoms with Gasteiger partial charge in [-0.3, -0.25) is 9.89 Å². The molecular weight excluding hydrogens is 188 g/mol. The third-order valence-electron chi connectivity index (χ3n) is 1.64. The van der Waals surface area contributed by atoms with Gasteiger partial charge in [-0.05, 0) is 6.42 Å². The first kappa shape index (κ1) is 10.2. The van der Waals surface area contributed by atoms with E-state index >= 15 is 0 Å². The molecule has 1 rings (SSSR count). The van der Waals surface area contributed by atoms with E-state index in [0.29, 0.717) is 6.42 Å². The Hall–Kier alpha value is -1.92. The van der Waals surface area contributed by atoms with Crippen LogP contribution in [-0.4, -0.2) is 38.2 Å². The molecule has 0 saturated carbocycles. The predicted molar refractivity (Wildman–Crippen MR) is 45.6 cm³/mol. The molecule has 0 saturated heterocycles. The summed E-state index contributed by atoms with van der Waals surface area (Å²) in [6.45, 7) is 1.67. The third kappa shape index (κ3) is 2.28. The van der Waals surface area contributed by atoms with Crippen molar-refractivity contribution in [1.29, 1.82) is 0 Å². The number of carboxylic acids is 1. The van der Waals surface area contributed by atoms with E-state index in [2.05, 4.69) is 20.5 Å². The van der Waals surface area contributed by atoms with Gasteiger partial charge in [0.25, 0.3) is 5.91 Å². The number of hydrogen-bond donors (Lipinski definition) is 3. The average Bonchev–Trinajstić information content (AvgIpc) is 2.65. The number of nitrogens with one attached hydrogen (secondary N) is 2. The van der Waals surface area contributed by atoms with E-state index < -0.39 is 17.9 Å². The molecular formula is C7H10N4O3. The fraction of sp³-hybridized carbons (Fsp3) is 0.429. The Bertz CT molecular complexity index is 322. The summed E-state index contributed by atoms with van der Waals surface area (Å²) in [6, 6.07) is -0.896. The van der Waals surface area contributed by atoms with Crippen LogP contribution in [0, 0.1) is 0 Å². The van der Waals surface area contributed by atoms with E-state index in [1.807, 2.05) is 0 Å². The van der Waals surface area contributed by atoms with Crippen molar-refractivity contribution in [2.75, 3.05) is 0 Å². The van der Waals surface area contributed by atoms with E-state index in [-0.39, 0.29) is 5.82 Å². The van der Waals surface area contributed by atoms with Gasteiger partial charge in [-0.1, -0.05) is 6.92 Å². The fourth-order valence-electron chi connectivity index (χ4n) is 0.880. The molecule has 0 bridgehead atoms. The van der Waals surface area contributed by atoms with Crippen LogP contribution in [0.25, 0.3) is 0 Å². The number of nitrogens with zero attached hydrogens (tertiary/aromatic N) is 2. The van der Waals surface area contributed by atoms with Crippen LogP contribution in [0.4, 0.5) is 0 Å². The van der Waals surface area contributed by atoms with Crippen LogP contribution in [0.2, 0.25) is 0 Å². The number of rotatable bonds is 4. The maximum Gasteiger partial charge on any atom is 0.326 e. The summed E-state index contributed by atoms with van der Waals surface area (Å²) in [5.74, 6) is -1.64. The first-order chi connectivity index (χ1) is 6.65. The monoisotopic (exact) mass is 198 g/mol. The summed E-state index contributed by atoms with van der Waals surface area (Å²) in [6.07, 6.45) is 1.49. The van der Waals surface area contributed by atoms with E-state index in [0.717, 1.165) is 0 Å². The van der Waals surface area contributed by atoms with Crippen molar-refractivity contribution in [3.8, 4) is 0 Å². The predicted octanol–water partition coefficient (Wildman–Crippen LogP) is -0.602. The minimum atomic E-state index is -1.07. The Morgan fingerprint density at radius 3 is 2.86 bits per heavy atom. The summed E-state index contributed by atoms with van der Waals surface area (Å²) < 4.78 is 0. The third-order valence-corrected chi connectivity index (χ3v) is 1.64. The first-order valence-electron chi connectivity index (χ1n) is 4.04. The fourth-order valence-corrected chi connectivity index (χ4v) is 0.880. The van der Waals surface area contributed by atoms with Gasteiger partial charge in [-0.2, -0.15) is 5.10 Å². The number of aliphatic carboxylic acids is 1. The Balaban J connectivity index is 2.60. The molecule has 1 heterocycles. The van der Waals surface area contributed by atoms with Gasteiger partial charge >= 0.3 is 5.97 Å². The van der Waals surface area contributed by atoms with Crippen LogP contribution < -0.4 is 5.32 Å². The largest absolute Gasteiger partial charge is 0.480 e. The van der Waals surface area contributed by atoms with Crippen LogP contribution in [0.1, 0.15) is 24.0 Å². The van der Waals surface area contributed by atoms with Crippen molar-refractivity contribution in [2.24, 2.45) is 0 Å². The molecule has 0 radical (unpaired) electrons. The van der Waals surface area contributed by atoms with Crippen molar-refractivity contribution in [1.82, 2.24) is 20.5 Å². The van der Waals surface area contributed by atoms with Gasteiger partial charge in [0.2, 0.25) is 5.82 Å². The average molecular weight is 198 g/mol. The summed E-state index contributed by atoms with van der Waals surface area (Å²) in [4.78, 5) is 25.4. The number of aromatic amines is 1. The summed E-state index contributed by atoms with van der Waals surface area (Å²) >= 11 is 0. The normalized spacial score (nSPS) is 12.1. The zero-order chi connectivity index (χ0) is 10.6. The molecule has 1 unspecified atom stereocenters. The lowest BCUT2D eigenvalue weighted by molar-refractivity contribution is -0.139. The van der Waals surface area contributed by atoms with Crippen molar-refractivity contribution in [2.45, 2.75) is 19.4 Å². The van der Waals surface area contributed by atoms with Crippen LogP contribution in [0.5, 0.6) is 0 Å². The van der Waals surface area contributed by atoms with Gasteiger partial charge in [-0.15, -0.1) is 0 Å². The molecule has 1 amide bonds. The number of carbonyl (C=O) groups excluding carboxylic acids is 1. The maximum atomic E-state index is 11.3. The molecule has 7 heteroatoms. The minimum absolute atomic E-state index is 0.00435. The highest BCUT2D eigenvalue weighted by Gasteiger charge is 2.19. The lowest BCUT2D eigenvalue weighted by Crippen LogP contribution is -2.40. The molecule has 1 aromatic rings. The SMILES string of the molecule is CCC(NC(=O)c1ncn[nH]1)C(=O)O. The van der Waals surface area contributed by atoms with Crippen LogP contribution in [0.15, 0.2) is 6.33 Å². The number of carbonyl (C=O) groups is 2. The Morgan fingerprint density at radius 2 is 2.43 bits per heavy atom. The zero-order valence-electron chi connectivity index (χ0n) is 7.52. The van der Waals surface area contributed by atoms with Crippen molar-refractivity contribution in [3.63, 3.8) is 0 Å². The molecule has 7 nitrogen and oxygen atoms in total. The van der Waals surface area contributed by atoms with Crippen molar-refractivity contribution >= 4 is 11.9 Å². The van der Waals surface area contributed by atoms with Crippen LogP contribution in [-0.2, 0) is 4.79 Å². The number of carboxylic acid groups (broad SMARTS) is 1. The zero-order valence-corrected chi connectivity index (χ0v) is 7.52. The molecule has 3 N–H and O–H groups in total. The second kappa shape index (κ2) is 4.35. The quantitative estimate of drug-likeness (QED) is 0.598. The molecule has 0 aliphatic rings. The smallest absolute Gasteiger partial charge is 0.326 e. The van der Waals surface area contributed by atoms with Crippen molar-refractivity contribution < 1.29 is 14.7 Å². The number of amides is 1. The van der Waals surface area contributed by atoms with E-state index in [1.54, 1.807) is 6.92 Å². The molecule has 1 atom stereocenters. The number of H-pyrrole nitrogens is 1. The highest BCUT2D eigenvalue weighted by Crippen LogP contribution is 1.93. The lowest BCUT2D eigenvalue weighted by Gasteiger charge is -2.10. The van der Waals surface area contributed by atoms with Crippen LogP contribution >= 0.6 is 0 Å². The van der Waals surface area contributed by atoms with Gasteiger partial charge in [0, 0.05) is 0 Å². The topological polar surface area (TPSA) is 108 Å². The molecule has 14 heavy (non-hydrogen) atoms. The second-order valence-electron chi connectivity index (χ2n) is 2.61. The first-order valence-corrected chi connectivity index (χ1v) is 4.04. The molecule has 0 aliphatic heterocycles. The van der Waals surface area contributed by atoms with Gasteiger partial charge in [0.05, 0.1) is 0 Å². The Kier molecular flexibility index (Phi) is 3.16. The molecule has 76 valence electrons. The standard InChI is InChI=1S/C7H10N4O3/c1-2-4(7(13)14)10-6(12)5-8-3-9-11-5/h3-4H,2H2,1H3,(H,10,12)(H,13,14)(H,8,9,11). The Morgan fingerprint density at radius 1 is 1.71 bits per heavy atom. The number of aromatic nitrogens is 3. The highest BCUT2D eigenvalue weighted by atomic mass is 16.4. The summed E-state index contributed by atoms with van der Waals surface area (Å²) in [5.41, 5.74) is 0. The second-order valence-corrected chi connectivity index (χ2v) is 2.61. The highest BCUT2D eigenvalue weighted by molar-refractivity contribution is 5.93. The van der Waals surface area contributed by atoms with Gasteiger partial charge < -0.3 is 10.4 Å². The van der Waals surface area contributed by atoms with E-state index in [9.17, 15) is 9.59 Å². The molecule has 0 aromatic carbocycles. The van der Waals surface area contributed by atoms with Crippen molar-refractivity contribution in [3.05, 3.63) is 12.2 Å². The number of hydrogen-bond acceptors (Lipinski definition) is 4. The Labute approximate surface area is 79.5 Å². The molecule has 0 spiro atoms. The van der Waals surface area contributed by atoms with E-state index in [4.69, 9.17) is 5.11 Å². The summed E-state index contributed by atoms with van der Waals surface area (Å²) in [7, 11) is 0. The lowest BCUT2D eigenvalue weighted by atomic mass is 10.2. The van der Waals surface area contributed by atoms with E-state index in [1.165, 1.54) is 6.33 Å². The van der Waals surface area contributed by atoms with Crippen LogP contribution in [0.3, 0.4) is 0 Å². The van der Waals surface area contributed by atoms with Gasteiger partial charge in [0.1, 0.15) is 12.4 Å². The van der Waals surface area contributed by atoms with Gasteiger partial charge in [-0.25, -0.2) is 9.78 Å². The molecule has 1 aromatic heterocycles. The molecule has 0 fully saturated rings. The maximum absolute atomic E-state index is 11.3.